The molecule has 2 unspecified atom stereocenters. The molecule has 10 heteroatoms. The zero-order valence-corrected chi connectivity index (χ0v) is 34.9. The second-order valence-corrected chi connectivity index (χ2v) is 16.9. The van der Waals surface area contributed by atoms with E-state index in [1.165, 1.54) is 161 Å². The number of ether oxygens (including phenoxy) is 3. The zero-order valence-electron chi connectivity index (χ0n) is 34.0. The number of aliphatic hydroxyl groups is 2. The fourth-order valence-corrected chi connectivity index (χ4v) is 7.52. The van der Waals surface area contributed by atoms with E-state index in [2.05, 4.69) is 13.8 Å². The molecule has 0 aromatic rings. The molecule has 0 aliphatic heterocycles. The third-order valence-electron chi connectivity index (χ3n) is 10.0. The number of carbonyl (C=O) groups excluding carboxylic acids is 1. The molecule has 0 heterocycles. The molecule has 312 valence electrons. The Labute approximate surface area is 320 Å². The van der Waals surface area contributed by atoms with Crippen LogP contribution >= 0.6 is 7.60 Å². The van der Waals surface area contributed by atoms with Gasteiger partial charge in [-0.3, -0.25) is 9.36 Å². The molecule has 0 saturated carbocycles. The number of aliphatic hydroxyl groups excluding tert-OH is 2. The monoisotopic (exact) mass is 765 g/mol. The van der Waals surface area contributed by atoms with Gasteiger partial charge in [0.25, 0.3) is 0 Å². The Morgan fingerprint density at radius 1 is 0.538 bits per heavy atom. The van der Waals surface area contributed by atoms with E-state index in [1.807, 2.05) is 0 Å². The highest BCUT2D eigenvalue weighted by atomic mass is 31.2. The highest BCUT2D eigenvalue weighted by molar-refractivity contribution is 7.52. The van der Waals surface area contributed by atoms with Gasteiger partial charge >= 0.3 is 13.6 Å². The van der Waals surface area contributed by atoms with Gasteiger partial charge in [-0.05, 0) is 12.8 Å². The van der Waals surface area contributed by atoms with Gasteiger partial charge in [-0.15, -0.1) is 0 Å². The van der Waals surface area contributed by atoms with E-state index in [9.17, 15) is 29.4 Å². The molecular formula is C42H85O9P. The summed E-state index contributed by atoms with van der Waals surface area (Å²) in [5, 5.41) is 19.1. The summed E-state index contributed by atoms with van der Waals surface area (Å²) in [4.78, 5) is 31.8. The Morgan fingerprint density at radius 3 is 1.23 bits per heavy atom. The van der Waals surface area contributed by atoms with Crippen molar-refractivity contribution in [1.82, 2.24) is 0 Å². The average Bonchev–Trinajstić information content (AvgIpc) is 3.11. The fourth-order valence-electron chi connectivity index (χ4n) is 6.70. The molecule has 0 amide bonds. The number of carbonyl (C=O) groups is 1. The Kier molecular flexibility index (Phi) is 38.3. The molecule has 52 heavy (non-hydrogen) atoms. The van der Waals surface area contributed by atoms with Gasteiger partial charge < -0.3 is 34.2 Å². The molecule has 0 spiro atoms. The van der Waals surface area contributed by atoms with Gasteiger partial charge in [0.1, 0.15) is 12.2 Å². The van der Waals surface area contributed by atoms with Crippen molar-refractivity contribution in [3.8, 4) is 0 Å². The molecule has 3 atom stereocenters. The topological polar surface area (TPSA) is 143 Å². The molecule has 0 aliphatic rings. The van der Waals surface area contributed by atoms with Gasteiger partial charge in [-0.2, -0.15) is 0 Å². The summed E-state index contributed by atoms with van der Waals surface area (Å²) in [7, 11) is -4.87. The molecular weight excluding hydrogens is 679 g/mol. The van der Waals surface area contributed by atoms with Crippen molar-refractivity contribution < 1.29 is 43.6 Å². The van der Waals surface area contributed by atoms with Crippen LogP contribution in [-0.2, 0) is 23.6 Å². The molecule has 0 fully saturated rings. The van der Waals surface area contributed by atoms with Crippen LogP contribution in [0.2, 0.25) is 0 Å². The van der Waals surface area contributed by atoms with Crippen LogP contribution in [-0.4, -0.2) is 70.4 Å². The third-order valence-corrected chi connectivity index (χ3v) is 11.2. The minimum atomic E-state index is -4.87. The number of rotatable bonds is 42. The second-order valence-electron chi connectivity index (χ2n) is 15.3. The highest BCUT2D eigenvalue weighted by Crippen LogP contribution is 2.43. The first-order chi connectivity index (χ1) is 25.3. The summed E-state index contributed by atoms with van der Waals surface area (Å²) < 4.78 is 28.5. The molecule has 4 N–H and O–H groups in total. The van der Waals surface area contributed by atoms with Crippen LogP contribution in [0.15, 0.2) is 0 Å². The predicted molar refractivity (Wildman–Crippen MR) is 215 cm³/mol. The normalized spacial score (nSPS) is 13.7. The first-order valence-corrected chi connectivity index (χ1v) is 23.7. The Morgan fingerprint density at radius 2 is 0.885 bits per heavy atom. The standard InChI is InChI=1S/C42H85O9P/c1-3-5-7-9-11-13-15-17-19-21-23-25-27-29-31-33-35-49-37-39(38-50-42(40(44)36-43)52(46,47)48)51-41(45)34-32-30-28-26-24-22-20-18-16-14-12-10-8-6-4-2/h39-40,42-44H,3-38H2,1-2H3,(H2,46,47,48)/t39-,40?,42?/m0/s1. The van der Waals surface area contributed by atoms with Crippen molar-refractivity contribution in [1.29, 1.82) is 0 Å². The number of esters is 1. The molecule has 0 aliphatic carbocycles. The van der Waals surface area contributed by atoms with Gasteiger partial charge in [0, 0.05) is 13.0 Å². The van der Waals surface area contributed by atoms with Crippen LogP contribution in [0.4, 0.5) is 0 Å². The fraction of sp³-hybridized carbons (Fsp3) is 0.976. The van der Waals surface area contributed by atoms with E-state index in [-0.39, 0.29) is 19.6 Å². The summed E-state index contributed by atoms with van der Waals surface area (Å²) in [6.07, 6.45) is 36.9. The van der Waals surface area contributed by atoms with Crippen molar-refractivity contribution in [2.24, 2.45) is 0 Å². The van der Waals surface area contributed by atoms with Crippen LogP contribution < -0.4 is 0 Å². The molecule has 0 rings (SSSR count). The lowest BCUT2D eigenvalue weighted by Gasteiger charge is -2.25. The van der Waals surface area contributed by atoms with Gasteiger partial charge in [0.2, 0.25) is 0 Å². The lowest BCUT2D eigenvalue weighted by Crippen LogP contribution is -2.37. The molecule has 0 aromatic heterocycles. The molecule has 9 nitrogen and oxygen atoms in total. The summed E-state index contributed by atoms with van der Waals surface area (Å²) in [6, 6.07) is 0. The van der Waals surface area contributed by atoms with E-state index in [4.69, 9.17) is 14.2 Å². The van der Waals surface area contributed by atoms with Crippen molar-refractivity contribution in [2.45, 2.75) is 237 Å². The molecule has 0 saturated heterocycles. The average molecular weight is 765 g/mol. The smallest absolute Gasteiger partial charge is 0.356 e. The minimum Gasteiger partial charge on any atom is -0.457 e. The first-order valence-electron chi connectivity index (χ1n) is 22.0. The number of hydrogen-bond acceptors (Lipinski definition) is 7. The maximum Gasteiger partial charge on any atom is 0.356 e. The zero-order chi connectivity index (χ0) is 38.4. The maximum absolute atomic E-state index is 12.6. The van der Waals surface area contributed by atoms with Gasteiger partial charge in [0.15, 0.2) is 5.85 Å². The van der Waals surface area contributed by atoms with Crippen molar-refractivity contribution >= 4 is 13.6 Å². The van der Waals surface area contributed by atoms with E-state index in [1.54, 1.807) is 0 Å². The summed E-state index contributed by atoms with van der Waals surface area (Å²) in [5.41, 5.74) is 0. The summed E-state index contributed by atoms with van der Waals surface area (Å²) >= 11 is 0. The Balaban J connectivity index is 4.18. The molecule has 0 bridgehead atoms. The molecule has 0 aromatic carbocycles. The van der Waals surface area contributed by atoms with Gasteiger partial charge in [-0.1, -0.05) is 200 Å². The van der Waals surface area contributed by atoms with Crippen molar-refractivity contribution in [3.05, 3.63) is 0 Å². The van der Waals surface area contributed by atoms with Crippen LogP contribution in [0.3, 0.4) is 0 Å². The van der Waals surface area contributed by atoms with Gasteiger partial charge in [-0.25, -0.2) is 0 Å². The van der Waals surface area contributed by atoms with E-state index >= 15 is 0 Å². The van der Waals surface area contributed by atoms with E-state index in [0.717, 1.165) is 38.5 Å². The maximum atomic E-state index is 12.6. The summed E-state index contributed by atoms with van der Waals surface area (Å²) in [6.45, 7) is 3.83. The largest absolute Gasteiger partial charge is 0.457 e. The quantitative estimate of drug-likeness (QED) is 0.0271. The second kappa shape index (κ2) is 38.7. The molecule has 0 radical (unpaired) electrons. The van der Waals surface area contributed by atoms with Gasteiger partial charge in [0.05, 0.1) is 19.8 Å². The lowest BCUT2D eigenvalue weighted by atomic mass is 10.0. The number of unbranched alkanes of at least 4 members (excludes halogenated alkanes) is 29. The van der Waals surface area contributed by atoms with Crippen LogP contribution in [0.1, 0.15) is 219 Å². The predicted octanol–water partition coefficient (Wildman–Crippen LogP) is 11.3. The van der Waals surface area contributed by atoms with Crippen LogP contribution in [0.25, 0.3) is 0 Å². The van der Waals surface area contributed by atoms with Crippen molar-refractivity contribution in [3.63, 3.8) is 0 Å². The lowest BCUT2D eigenvalue weighted by molar-refractivity contribution is -0.158. The van der Waals surface area contributed by atoms with Crippen molar-refractivity contribution in [2.75, 3.05) is 26.4 Å². The first kappa shape index (κ1) is 51.5. The highest BCUT2D eigenvalue weighted by Gasteiger charge is 2.37. The van der Waals surface area contributed by atoms with E-state index < -0.39 is 38.2 Å². The van der Waals surface area contributed by atoms with Crippen LogP contribution in [0.5, 0.6) is 0 Å². The minimum absolute atomic E-state index is 0.0342. The Hall–Kier alpha value is -0.540. The van der Waals surface area contributed by atoms with Crippen LogP contribution in [0, 0.1) is 0 Å². The number of hydrogen-bond donors (Lipinski definition) is 4. The summed E-state index contributed by atoms with van der Waals surface area (Å²) in [5.74, 6) is -2.31. The van der Waals surface area contributed by atoms with E-state index in [0.29, 0.717) is 6.61 Å². The third kappa shape index (κ3) is 35.2. The SMILES string of the molecule is CCCCCCCCCCCCCCCCCCOC[C@@H](COC(C(O)CO)P(=O)(O)O)OC(=O)CCCCCCCCCCCCCCCCC. The Bertz CT molecular complexity index is 793.